The van der Waals surface area contributed by atoms with E-state index in [1.54, 1.807) is 0 Å². The molecule has 0 radical (unpaired) electrons. The molecule has 0 saturated heterocycles. The van der Waals surface area contributed by atoms with Crippen LogP contribution in [-0.2, 0) is 4.79 Å². The Morgan fingerprint density at radius 1 is 1.35 bits per heavy atom. The molecule has 2 rings (SSSR count). The van der Waals surface area contributed by atoms with E-state index in [0.717, 1.165) is 30.5 Å². The zero-order chi connectivity index (χ0) is 16.3. The van der Waals surface area contributed by atoms with E-state index in [0.29, 0.717) is 12.5 Å². The Morgan fingerprint density at radius 3 is 2.61 bits per heavy atom. The minimum atomic E-state index is 0. The number of thioether (sulfide) groups is 1. The highest BCUT2D eigenvalue weighted by Crippen LogP contribution is 2.35. The fourth-order valence-corrected chi connectivity index (χ4v) is 4.16. The molecule has 1 saturated carbocycles. The molecular formula is C18H29ClN2OS. The number of benzene rings is 1. The van der Waals surface area contributed by atoms with Gasteiger partial charge in [0, 0.05) is 21.2 Å². The van der Waals surface area contributed by atoms with Crippen LogP contribution in [0.15, 0.2) is 23.1 Å². The van der Waals surface area contributed by atoms with Gasteiger partial charge >= 0.3 is 0 Å². The van der Waals surface area contributed by atoms with Crippen LogP contribution in [0.5, 0.6) is 0 Å². The number of halogens is 1. The molecule has 23 heavy (non-hydrogen) atoms. The minimum Gasteiger partial charge on any atom is -0.330 e. The molecule has 1 amide bonds. The summed E-state index contributed by atoms with van der Waals surface area (Å²) in [7, 11) is 0. The molecule has 0 aliphatic heterocycles. The molecule has 1 aliphatic carbocycles. The molecule has 1 aromatic rings. The number of carbonyl (C=O) groups excluding carboxylic acids is 1. The zero-order valence-corrected chi connectivity index (χ0v) is 16.2. The van der Waals surface area contributed by atoms with Crippen molar-refractivity contribution < 1.29 is 4.79 Å². The van der Waals surface area contributed by atoms with Crippen molar-refractivity contribution in [2.75, 3.05) is 11.9 Å². The highest BCUT2D eigenvalue weighted by atomic mass is 35.5. The van der Waals surface area contributed by atoms with Crippen LogP contribution in [0.3, 0.4) is 0 Å². The molecular weight excluding hydrogens is 328 g/mol. The second-order valence-electron chi connectivity index (χ2n) is 7.21. The number of aryl methyl sites for hydroxylation is 1. The van der Waals surface area contributed by atoms with Gasteiger partial charge in [0.25, 0.3) is 0 Å². The SMILES string of the molecule is Cc1cc(SC(C)(C)C)ccc1NC(=O)[C@@H]1CCC[C@@H]1CN.Cl. The third-order valence-corrected chi connectivity index (χ3v) is 5.28. The normalized spacial score (nSPS) is 20.9. The lowest BCUT2D eigenvalue weighted by molar-refractivity contribution is -0.120. The van der Waals surface area contributed by atoms with Gasteiger partial charge in [0.05, 0.1) is 0 Å². The maximum absolute atomic E-state index is 12.5. The Morgan fingerprint density at radius 2 is 2.04 bits per heavy atom. The fourth-order valence-electron chi connectivity index (χ4n) is 3.08. The summed E-state index contributed by atoms with van der Waals surface area (Å²) < 4.78 is 0.190. The molecule has 2 atom stereocenters. The van der Waals surface area contributed by atoms with E-state index < -0.39 is 0 Å². The van der Waals surface area contributed by atoms with E-state index in [2.05, 4.69) is 45.1 Å². The molecule has 5 heteroatoms. The van der Waals surface area contributed by atoms with Gasteiger partial charge in [0.15, 0.2) is 0 Å². The summed E-state index contributed by atoms with van der Waals surface area (Å²) in [6, 6.07) is 6.27. The van der Waals surface area contributed by atoms with Crippen molar-refractivity contribution in [3.63, 3.8) is 0 Å². The average Bonchev–Trinajstić information content (AvgIpc) is 2.88. The van der Waals surface area contributed by atoms with Crippen LogP contribution in [0.25, 0.3) is 0 Å². The van der Waals surface area contributed by atoms with E-state index >= 15 is 0 Å². The van der Waals surface area contributed by atoms with Gasteiger partial charge in [0.1, 0.15) is 0 Å². The van der Waals surface area contributed by atoms with Crippen LogP contribution in [0.1, 0.15) is 45.6 Å². The van der Waals surface area contributed by atoms with Crippen molar-refractivity contribution in [1.29, 1.82) is 0 Å². The summed E-state index contributed by atoms with van der Waals surface area (Å²) in [5, 5.41) is 3.10. The van der Waals surface area contributed by atoms with Crippen molar-refractivity contribution >= 4 is 35.8 Å². The first kappa shape index (κ1) is 20.3. The highest BCUT2D eigenvalue weighted by molar-refractivity contribution is 8.00. The first-order valence-electron chi connectivity index (χ1n) is 8.11. The van der Waals surface area contributed by atoms with E-state index in [-0.39, 0.29) is 29.0 Å². The quantitative estimate of drug-likeness (QED) is 0.774. The molecule has 0 unspecified atom stereocenters. The van der Waals surface area contributed by atoms with Gasteiger partial charge in [-0.15, -0.1) is 24.2 Å². The Hall–Kier alpha value is -0.710. The predicted molar refractivity (Wildman–Crippen MR) is 103 cm³/mol. The Balaban J connectivity index is 0.00000264. The largest absolute Gasteiger partial charge is 0.330 e. The second-order valence-corrected chi connectivity index (χ2v) is 9.11. The van der Waals surface area contributed by atoms with E-state index in [1.165, 1.54) is 4.90 Å². The Labute approximate surface area is 150 Å². The topological polar surface area (TPSA) is 55.1 Å². The monoisotopic (exact) mass is 356 g/mol. The lowest BCUT2D eigenvalue weighted by Gasteiger charge is -2.20. The van der Waals surface area contributed by atoms with Gasteiger partial charge < -0.3 is 11.1 Å². The van der Waals surface area contributed by atoms with Gasteiger partial charge in [-0.25, -0.2) is 0 Å². The first-order chi connectivity index (χ1) is 10.3. The van der Waals surface area contributed by atoms with Crippen LogP contribution in [0.4, 0.5) is 5.69 Å². The molecule has 0 aromatic heterocycles. The minimum absolute atomic E-state index is 0. The van der Waals surface area contributed by atoms with Crippen molar-refractivity contribution in [3.8, 4) is 0 Å². The summed E-state index contributed by atoms with van der Waals surface area (Å²) in [5.41, 5.74) is 7.82. The molecule has 1 aromatic carbocycles. The molecule has 1 fully saturated rings. The smallest absolute Gasteiger partial charge is 0.227 e. The summed E-state index contributed by atoms with van der Waals surface area (Å²) in [5.74, 6) is 0.552. The molecule has 0 spiro atoms. The number of nitrogens with two attached hydrogens (primary N) is 1. The third-order valence-electron chi connectivity index (χ3n) is 4.18. The predicted octanol–water partition coefficient (Wildman–Crippen LogP) is 4.62. The summed E-state index contributed by atoms with van der Waals surface area (Å²) in [6.07, 6.45) is 3.15. The Kier molecular flexibility index (Phi) is 7.43. The van der Waals surface area contributed by atoms with Crippen LogP contribution in [-0.4, -0.2) is 17.2 Å². The average molecular weight is 357 g/mol. The number of rotatable bonds is 4. The van der Waals surface area contributed by atoms with Crippen molar-refractivity contribution in [2.24, 2.45) is 17.6 Å². The number of nitrogens with one attached hydrogen (secondary N) is 1. The molecule has 3 N–H and O–H groups in total. The number of hydrogen-bond acceptors (Lipinski definition) is 3. The van der Waals surface area contributed by atoms with Gasteiger partial charge in [-0.2, -0.15) is 0 Å². The van der Waals surface area contributed by atoms with E-state index in [4.69, 9.17) is 5.73 Å². The van der Waals surface area contributed by atoms with Crippen molar-refractivity contribution in [3.05, 3.63) is 23.8 Å². The number of amides is 1. The Bertz CT molecular complexity index is 542. The van der Waals surface area contributed by atoms with Gasteiger partial charge in [-0.1, -0.05) is 27.2 Å². The van der Waals surface area contributed by atoms with Gasteiger partial charge in [0.2, 0.25) is 5.91 Å². The lowest BCUT2D eigenvalue weighted by atomic mass is 9.95. The standard InChI is InChI=1S/C18H28N2OS.ClH/c1-12-10-14(22-18(2,3)4)8-9-16(12)20-17(21)15-7-5-6-13(15)11-19;/h8-10,13,15H,5-7,11,19H2,1-4H3,(H,20,21);1H/t13-,15-;/m1./s1. The first-order valence-corrected chi connectivity index (χ1v) is 8.92. The zero-order valence-electron chi connectivity index (χ0n) is 14.5. The molecule has 0 heterocycles. The van der Waals surface area contributed by atoms with E-state index in [9.17, 15) is 4.79 Å². The van der Waals surface area contributed by atoms with Crippen molar-refractivity contribution in [2.45, 2.75) is 56.6 Å². The number of carbonyl (C=O) groups is 1. The third kappa shape index (κ3) is 5.70. The fraction of sp³-hybridized carbons (Fsp3) is 0.611. The van der Waals surface area contributed by atoms with Crippen LogP contribution in [0.2, 0.25) is 0 Å². The van der Waals surface area contributed by atoms with Crippen molar-refractivity contribution in [1.82, 2.24) is 0 Å². The van der Waals surface area contributed by atoms with Crippen LogP contribution < -0.4 is 11.1 Å². The van der Waals surface area contributed by atoms with Crippen LogP contribution >= 0.6 is 24.2 Å². The molecule has 0 bridgehead atoms. The highest BCUT2D eigenvalue weighted by Gasteiger charge is 2.32. The second kappa shape index (κ2) is 8.41. The van der Waals surface area contributed by atoms with E-state index in [1.807, 2.05) is 17.8 Å². The lowest BCUT2D eigenvalue weighted by Crippen LogP contribution is -2.29. The summed E-state index contributed by atoms with van der Waals surface area (Å²) in [6.45, 7) is 9.27. The van der Waals surface area contributed by atoms with Crippen LogP contribution in [0, 0.1) is 18.8 Å². The molecule has 1 aliphatic rings. The van der Waals surface area contributed by atoms with Gasteiger partial charge in [-0.3, -0.25) is 4.79 Å². The van der Waals surface area contributed by atoms with Gasteiger partial charge in [-0.05, 0) is 56.0 Å². The molecule has 3 nitrogen and oxygen atoms in total. The molecule has 130 valence electrons. The summed E-state index contributed by atoms with van der Waals surface area (Å²) in [4.78, 5) is 13.7. The maximum Gasteiger partial charge on any atom is 0.227 e. The number of anilines is 1. The number of hydrogen-bond donors (Lipinski definition) is 2. The maximum atomic E-state index is 12.5. The summed E-state index contributed by atoms with van der Waals surface area (Å²) >= 11 is 1.84.